The summed E-state index contributed by atoms with van der Waals surface area (Å²) in [5.74, 6) is 0. The predicted octanol–water partition coefficient (Wildman–Crippen LogP) is 3.35. The van der Waals surface area contributed by atoms with Gasteiger partial charge in [0.2, 0.25) is 0 Å². The lowest BCUT2D eigenvalue weighted by atomic mass is 10.1. The number of hydrogen-bond donors (Lipinski definition) is 1. The van der Waals surface area contributed by atoms with Crippen molar-refractivity contribution in [2.45, 2.75) is 44.7 Å². The van der Waals surface area contributed by atoms with Crippen LogP contribution >= 0.6 is 0 Å². The van der Waals surface area contributed by atoms with Crippen LogP contribution in [0, 0.1) is 0 Å². The minimum Gasteiger partial charge on any atom is -0.312 e. The van der Waals surface area contributed by atoms with Gasteiger partial charge in [0.05, 0.1) is 0 Å². The van der Waals surface area contributed by atoms with E-state index in [0.29, 0.717) is 6.04 Å². The second-order valence-electron chi connectivity index (χ2n) is 6.17. The van der Waals surface area contributed by atoms with Gasteiger partial charge in [0, 0.05) is 25.7 Å². The Bertz CT molecular complexity index is 438. The molecule has 0 aromatic heterocycles. The van der Waals surface area contributed by atoms with Crippen LogP contribution in [0.1, 0.15) is 37.7 Å². The van der Waals surface area contributed by atoms with Gasteiger partial charge in [-0.25, -0.2) is 0 Å². The van der Waals surface area contributed by atoms with E-state index in [1.807, 2.05) is 0 Å². The van der Waals surface area contributed by atoms with Crippen LogP contribution < -0.4 is 5.32 Å². The SMILES string of the molecule is C1=C(CCNC2CCN(Cc3ccccc3)C2)CCC1. The lowest BCUT2D eigenvalue weighted by Crippen LogP contribution is -2.33. The molecule has 1 aliphatic carbocycles. The van der Waals surface area contributed by atoms with Crippen molar-refractivity contribution in [3.8, 4) is 0 Å². The highest BCUT2D eigenvalue weighted by atomic mass is 15.2. The van der Waals surface area contributed by atoms with Crippen molar-refractivity contribution in [1.29, 1.82) is 0 Å². The first-order valence-electron chi connectivity index (χ1n) is 8.08. The molecule has 2 heteroatoms. The zero-order valence-corrected chi connectivity index (χ0v) is 12.4. The van der Waals surface area contributed by atoms with Crippen LogP contribution in [0.15, 0.2) is 42.0 Å². The van der Waals surface area contributed by atoms with Crippen LogP contribution in [0.2, 0.25) is 0 Å². The number of hydrogen-bond acceptors (Lipinski definition) is 2. The van der Waals surface area contributed by atoms with Crippen LogP contribution in [0.25, 0.3) is 0 Å². The van der Waals surface area contributed by atoms with Crippen molar-refractivity contribution in [1.82, 2.24) is 10.2 Å². The molecule has 0 saturated carbocycles. The minimum absolute atomic E-state index is 0.695. The van der Waals surface area contributed by atoms with Gasteiger partial charge >= 0.3 is 0 Å². The van der Waals surface area contributed by atoms with Crippen molar-refractivity contribution < 1.29 is 0 Å². The average Bonchev–Trinajstić information content (AvgIpc) is 3.12. The van der Waals surface area contributed by atoms with E-state index in [4.69, 9.17) is 0 Å². The van der Waals surface area contributed by atoms with Crippen LogP contribution in [-0.2, 0) is 6.54 Å². The van der Waals surface area contributed by atoms with E-state index in [9.17, 15) is 0 Å². The fraction of sp³-hybridized carbons (Fsp3) is 0.556. The lowest BCUT2D eigenvalue weighted by molar-refractivity contribution is 0.320. The third-order valence-corrected chi connectivity index (χ3v) is 4.54. The van der Waals surface area contributed by atoms with Gasteiger partial charge in [-0.15, -0.1) is 0 Å². The predicted molar refractivity (Wildman–Crippen MR) is 84.7 cm³/mol. The first kappa shape index (κ1) is 13.8. The third kappa shape index (κ3) is 3.94. The maximum Gasteiger partial charge on any atom is 0.0234 e. The van der Waals surface area contributed by atoms with Crippen molar-refractivity contribution in [3.63, 3.8) is 0 Å². The number of allylic oxidation sites excluding steroid dienone is 1. The normalized spacial score (nSPS) is 23.2. The summed E-state index contributed by atoms with van der Waals surface area (Å²) in [6.07, 6.45) is 9.03. The standard InChI is InChI=1S/C18H26N2/c1-2-8-17(9-3-1)14-20-13-11-18(15-20)19-12-10-16-6-4-5-7-16/h1-3,6,8-9,18-19H,4-5,7,10-15H2. The van der Waals surface area contributed by atoms with E-state index in [1.165, 1.54) is 50.8 Å². The summed E-state index contributed by atoms with van der Waals surface area (Å²) in [7, 11) is 0. The minimum atomic E-state index is 0.695. The van der Waals surface area contributed by atoms with Crippen LogP contribution in [0.3, 0.4) is 0 Å². The van der Waals surface area contributed by atoms with Crippen LogP contribution in [0.5, 0.6) is 0 Å². The van der Waals surface area contributed by atoms with Crippen molar-refractivity contribution in [2.75, 3.05) is 19.6 Å². The quantitative estimate of drug-likeness (QED) is 0.798. The Kier molecular flexibility index (Phi) is 4.88. The third-order valence-electron chi connectivity index (χ3n) is 4.54. The first-order chi connectivity index (χ1) is 9.90. The van der Waals surface area contributed by atoms with Gasteiger partial charge in [-0.1, -0.05) is 42.0 Å². The van der Waals surface area contributed by atoms with Gasteiger partial charge in [0.15, 0.2) is 0 Å². The van der Waals surface area contributed by atoms with E-state index in [2.05, 4.69) is 46.6 Å². The van der Waals surface area contributed by atoms with Crippen molar-refractivity contribution in [2.24, 2.45) is 0 Å². The molecule has 20 heavy (non-hydrogen) atoms. The molecule has 1 atom stereocenters. The van der Waals surface area contributed by atoms with Crippen LogP contribution in [-0.4, -0.2) is 30.6 Å². The summed E-state index contributed by atoms with van der Waals surface area (Å²) in [6.45, 7) is 4.70. The van der Waals surface area contributed by atoms with Crippen molar-refractivity contribution in [3.05, 3.63) is 47.5 Å². The van der Waals surface area contributed by atoms with Gasteiger partial charge in [0.25, 0.3) is 0 Å². The van der Waals surface area contributed by atoms with E-state index in [1.54, 1.807) is 5.57 Å². The molecule has 1 aromatic rings. The molecule has 1 N–H and O–H groups in total. The van der Waals surface area contributed by atoms with Gasteiger partial charge in [0.1, 0.15) is 0 Å². The van der Waals surface area contributed by atoms with E-state index in [0.717, 1.165) is 13.1 Å². The Morgan fingerprint density at radius 3 is 2.90 bits per heavy atom. The largest absolute Gasteiger partial charge is 0.312 e. The number of benzene rings is 1. The first-order valence-corrected chi connectivity index (χ1v) is 8.08. The monoisotopic (exact) mass is 270 g/mol. The molecule has 0 amide bonds. The Morgan fingerprint density at radius 1 is 1.20 bits per heavy atom. The molecule has 1 saturated heterocycles. The Hall–Kier alpha value is -1.12. The topological polar surface area (TPSA) is 15.3 Å². The second-order valence-corrected chi connectivity index (χ2v) is 6.17. The molecule has 2 nitrogen and oxygen atoms in total. The Morgan fingerprint density at radius 2 is 2.10 bits per heavy atom. The number of rotatable bonds is 6. The molecule has 1 fully saturated rings. The van der Waals surface area contributed by atoms with Crippen molar-refractivity contribution >= 4 is 0 Å². The maximum atomic E-state index is 3.74. The molecule has 1 aromatic carbocycles. The zero-order chi connectivity index (χ0) is 13.6. The second kappa shape index (κ2) is 7.05. The van der Waals surface area contributed by atoms with Gasteiger partial charge < -0.3 is 5.32 Å². The van der Waals surface area contributed by atoms with Gasteiger partial charge in [-0.3, -0.25) is 4.90 Å². The maximum absolute atomic E-state index is 3.74. The van der Waals surface area contributed by atoms with Gasteiger partial charge in [-0.05, 0) is 44.2 Å². The molecule has 108 valence electrons. The van der Waals surface area contributed by atoms with Crippen LogP contribution in [0.4, 0.5) is 0 Å². The Labute approximate surface area is 122 Å². The fourth-order valence-electron chi connectivity index (χ4n) is 3.39. The molecule has 0 radical (unpaired) electrons. The molecule has 1 unspecified atom stereocenters. The van der Waals surface area contributed by atoms with E-state index >= 15 is 0 Å². The van der Waals surface area contributed by atoms with Gasteiger partial charge in [-0.2, -0.15) is 0 Å². The molecule has 1 aliphatic heterocycles. The fourth-order valence-corrected chi connectivity index (χ4v) is 3.39. The summed E-state index contributed by atoms with van der Waals surface area (Å²) in [6, 6.07) is 11.5. The molecular weight excluding hydrogens is 244 g/mol. The average molecular weight is 270 g/mol. The smallest absolute Gasteiger partial charge is 0.0234 e. The summed E-state index contributed by atoms with van der Waals surface area (Å²) >= 11 is 0. The molecule has 0 bridgehead atoms. The molecular formula is C18H26N2. The highest BCUT2D eigenvalue weighted by Gasteiger charge is 2.21. The summed E-state index contributed by atoms with van der Waals surface area (Å²) in [5.41, 5.74) is 3.11. The molecule has 0 spiro atoms. The number of nitrogens with zero attached hydrogens (tertiary/aromatic N) is 1. The summed E-state index contributed by atoms with van der Waals surface area (Å²) in [5, 5.41) is 3.74. The summed E-state index contributed by atoms with van der Waals surface area (Å²) < 4.78 is 0. The van der Waals surface area contributed by atoms with E-state index < -0.39 is 0 Å². The van der Waals surface area contributed by atoms with E-state index in [-0.39, 0.29) is 0 Å². The number of likely N-dealkylation sites (tertiary alicyclic amines) is 1. The highest BCUT2D eigenvalue weighted by Crippen LogP contribution is 2.20. The lowest BCUT2D eigenvalue weighted by Gasteiger charge is -2.17. The Balaban J connectivity index is 1.36. The highest BCUT2D eigenvalue weighted by molar-refractivity contribution is 5.14. The molecule has 1 heterocycles. The molecule has 3 rings (SSSR count). The number of nitrogens with one attached hydrogen (secondary N) is 1. The zero-order valence-electron chi connectivity index (χ0n) is 12.4. The molecule has 2 aliphatic rings. The summed E-state index contributed by atoms with van der Waals surface area (Å²) in [4.78, 5) is 2.57.